The maximum absolute atomic E-state index is 12.5. The van der Waals surface area contributed by atoms with Gasteiger partial charge < -0.3 is 45.3 Å². The molecule has 0 radical (unpaired) electrons. The number of rotatable bonds is 11. The molecule has 0 saturated carbocycles. The zero-order chi connectivity index (χ0) is 41.7. The molecule has 0 bridgehead atoms. The first-order chi connectivity index (χ1) is 26.3. The predicted octanol–water partition coefficient (Wildman–Crippen LogP) is 6.88. The molecule has 2 unspecified atom stereocenters. The number of amides is 2. The van der Waals surface area contributed by atoms with Crippen molar-refractivity contribution in [1.82, 2.24) is 0 Å². The zero-order valence-corrected chi connectivity index (χ0v) is 32.3. The number of anilines is 2. The number of halogens is 4. The van der Waals surface area contributed by atoms with E-state index in [0.29, 0.717) is 6.61 Å². The van der Waals surface area contributed by atoms with E-state index in [1.807, 2.05) is 13.8 Å². The minimum Gasteiger partial charge on any atom is -0.507 e. The number of hydrogen-bond acceptors (Lipinski definition) is 13. The number of non-ortho nitro benzene ring substituents is 2. The Morgan fingerprint density at radius 2 is 1.34 bits per heavy atom. The molecule has 4 aromatic carbocycles. The Morgan fingerprint density at radius 3 is 1.77 bits per heavy atom. The van der Waals surface area contributed by atoms with Crippen LogP contribution in [0, 0.1) is 20.2 Å². The van der Waals surface area contributed by atoms with Crippen molar-refractivity contribution in [3.05, 3.63) is 124 Å². The van der Waals surface area contributed by atoms with Crippen LogP contribution < -0.4 is 15.4 Å². The standard InChI is InChI=1S/C16H14Cl2N2O6.C13H8Cl2N2O4.C6H12O3/c17-9-1-4-15(26-8-11(22)7-21)12(5-9)16(23)19-14-3-2-10(20(24)25)6-13(14)18;14-7-1-4-12(18)9(5-7)13(19)16-11-3-2-8(17(20)21)6-10(11)15;1-6(2)8-4-5(3-7)9-6/h1-6,11,21-22H,7-8H2,(H,19,23);1-6,18H,(H,16,19);5,7H,3-4H2,1-2H3. The number of phenols is 1. The summed E-state index contributed by atoms with van der Waals surface area (Å²) in [5.74, 6) is -1.84. The lowest BCUT2D eigenvalue weighted by Crippen LogP contribution is -2.22. The van der Waals surface area contributed by atoms with Gasteiger partial charge in [0, 0.05) is 34.3 Å². The van der Waals surface area contributed by atoms with E-state index in [1.165, 1.54) is 60.7 Å². The summed E-state index contributed by atoms with van der Waals surface area (Å²) in [6.45, 7) is 3.50. The van der Waals surface area contributed by atoms with Crippen LogP contribution in [0.2, 0.25) is 20.1 Å². The lowest BCUT2D eigenvalue weighted by atomic mass is 10.1. The van der Waals surface area contributed by atoms with Gasteiger partial charge >= 0.3 is 0 Å². The molecule has 0 aromatic heterocycles. The number of carbonyl (C=O) groups excluding carboxylic acids is 2. The molecule has 1 heterocycles. The second-order valence-corrected chi connectivity index (χ2v) is 13.5. The summed E-state index contributed by atoms with van der Waals surface area (Å²) < 4.78 is 15.7. The highest BCUT2D eigenvalue weighted by Crippen LogP contribution is 2.31. The molecule has 6 N–H and O–H groups in total. The number of phenolic OH excluding ortho intramolecular Hbond substituents is 1. The Kier molecular flexibility index (Phi) is 17.0. The Labute approximate surface area is 338 Å². The Hall–Kier alpha value is -4.82. The molecule has 0 aliphatic carbocycles. The molecule has 56 heavy (non-hydrogen) atoms. The predicted molar refractivity (Wildman–Crippen MR) is 207 cm³/mol. The highest BCUT2D eigenvalue weighted by molar-refractivity contribution is 6.35. The van der Waals surface area contributed by atoms with E-state index in [9.17, 15) is 40.0 Å². The van der Waals surface area contributed by atoms with Crippen LogP contribution in [-0.2, 0) is 9.47 Å². The fourth-order valence-corrected chi connectivity index (χ4v) is 5.19. The molecule has 17 nitrogen and oxygen atoms in total. The molecule has 1 aliphatic rings. The first-order valence-corrected chi connectivity index (χ1v) is 17.5. The smallest absolute Gasteiger partial charge is 0.271 e. The normalized spacial score (nSPS) is 14.6. The molecule has 1 saturated heterocycles. The molecule has 2 amide bonds. The minimum atomic E-state index is -1.11. The molecule has 5 rings (SSSR count). The van der Waals surface area contributed by atoms with Gasteiger partial charge in [-0.25, -0.2) is 0 Å². The third-order valence-electron chi connectivity index (χ3n) is 7.13. The summed E-state index contributed by atoms with van der Waals surface area (Å²) in [7, 11) is 0. The average Bonchev–Trinajstić information content (AvgIpc) is 3.52. The monoisotopic (exact) mass is 858 g/mol. The Morgan fingerprint density at radius 1 is 0.839 bits per heavy atom. The number of nitro benzene ring substituents is 2. The number of carbonyl (C=O) groups is 2. The molecule has 4 aromatic rings. The second kappa shape index (κ2) is 20.9. The van der Waals surface area contributed by atoms with Crippen LogP contribution in [-0.4, -0.2) is 86.5 Å². The number of nitro groups is 2. The van der Waals surface area contributed by atoms with Gasteiger partial charge in [-0.2, -0.15) is 0 Å². The summed E-state index contributed by atoms with van der Waals surface area (Å²) >= 11 is 23.5. The lowest BCUT2D eigenvalue weighted by Gasteiger charge is -2.15. The van der Waals surface area contributed by atoms with Crippen molar-refractivity contribution in [2.45, 2.75) is 31.8 Å². The number of aliphatic hydroxyl groups excluding tert-OH is 3. The van der Waals surface area contributed by atoms with Crippen molar-refractivity contribution in [3.63, 3.8) is 0 Å². The molecule has 21 heteroatoms. The van der Waals surface area contributed by atoms with Crippen LogP contribution in [0.3, 0.4) is 0 Å². The second-order valence-electron chi connectivity index (χ2n) is 11.8. The minimum absolute atomic E-state index is 0.00671. The highest BCUT2D eigenvalue weighted by atomic mass is 35.5. The quantitative estimate of drug-likeness (QED) is 0.0666. The van der Waals surface area contributed by atoms with Gasteiger partial charge in [-0.15, -0.1) is 0 Å². The molecule has 0 spiro atoms. The topological polar surface area (TPSA) is 253 Å². The first-order valence-electron chi connectivity index (χ1n) is 16.0. The van der Waals surface area contributed by atoms with Crippen molar-refractivity contribution in [3.8, 4) is 11.5 Å². The summed E-state index contributed by atoms with van der Waals surface area (Å²) in [5, 5.41) is 63.3. The van der Waals surface area contributed by atoms with Crippen LogP contribution >= 0.6 is 46.4 Å². The van der Waals surface area contributed by atoms with Crippen molar-refractivity contribution in [1.29, 1.82) is 0 Å². The zero-order valence-electron chi connectivity index (χ0n) is 29.3. The van der Waals surface area contributed by atoms with E-state index < -0.39 is 40.2 Å². The number of nitrogens with one attached hydrogen (secondary N) is 2. The van der Waals surface area contributed by atoms with Gasteiger partial charge in [0.1, 0.15) is 30.3 Å². The fourth-order valence-electron chi connectivity index (χ4n) is 4.40. The number of ether oxygens (including phenoxy) is 3. The molecular weight excluding hydrogens is 826 g/mol. The van der Waals surface area contributed by atoms with Crippen molar-refractivity contribution < 1.29 is 54.1 Å². The fraction of sp³-hybridized carbons (Fsp3) is 0.257. The number of hydrogen-bond donors (Lipinski definition) is 6. The SMILES string of the molecule is CC1(C)OCC(CO)O1.O=C(Nc1ccc([N+](=O)[O-])cc1Cl)c1cc(Cl)ccc1O.O=C(Nc1ccc([N+](=O)[O-])cc1Cl)c1cc(Cl)ccc1OCC(O)CO. The van der Waals surface area contributed by atoms with Gasteiger partial charge in [0.2, 0.25) is 0 Å². The Bertz CT molecular complexity index is 2060. The van der Waals surface area contributed by atoms with Crippen LogP contribution in [0.1, 0.15) is 34.6 Å². The Balaban J connectivity index is 0.000000249. The van der Waals surface area contributed by atoms with Crippen LogP contribution in [0.15, 0.2) is 72.8 Å². The van der Waals surface area contributed by atoms with Gasteiger partial charge in [-0.1, -0.05) is 46.4 Å². The molecule has 1 fully saturated rings. The van der Waals surface area contributed by atoms with Crippen molar-refractivity contribution >= 4 is 81.0 Å². The largest absolute Gasteiger partial charge is 0.507 e. The number of nitrogens with zero attached hydrogens (tertiary/aromatic N) is 2. The maximum Gasteiger partial charge on any atom is 0.271 e. The van der Waals surface area contributed by atoms with Gasteiger partial charge in [-0.05, 0) is 62.4 Å². The maximum atomic E-state index is 12.5. The van der Waals surface area contributed by atoms with E-state index in [1.54, 1.807) is 0 Å². The van der Waals surface area contributed by atoms with Crippen LogP contribution in [0.4, 0.5) is 22.7 Å². The van der Waals surface area contributed by atoms with Crippen molar-refractivity contribution in [2.24, 2.45) is 0 Å². The van der Waals surface area contributed by atoms with Crippen LogP contribution in [0.5, 0.6) is 11.5 Å². The van der Waals surface area contributed by atoms with Gasteiger partial charge in [-0.3, -0.25) is 29.8 Å². The summed E-state index contributed by atoms with van der Waals surface area (Å²) in [6.07, 6.45) is -1.23. The van der Waals surface area contributed by atoms with Gasteiger partial charge in [0.05, 0.1) is 62.2 Å². The molecule has 300 valence electrons. The molecule has 2 atom stereocenters. The first kappa shape index (κ1) is 45.6. The number of aliphatic hydroxyl groups is 3. The summed E-state index contributed by atoms with van der Waals surface area (Å²) in [6, 6.07) is 15.6. The lowest BCUT2D eigenvalue weighted by molar-refractivity contribution is -0.385. The highest BCUT2D eigenvalue weighted by Gasteiger charge is 2.31. The summed E-state index contributed by atoms with van der Waals surface area (Å²) in [4.78, 5) is 44.7. The summed E-state index contributed by atoms with van der Waals surface area (Å²) in [5.41, 5.74) is -0.00873. The molecule has 1 aliphatic heterocycles. The average molecular weight is 860 g/mol. The molecular formula is C35H34Cl4N4O13. The third kappa shape index (κ3) is 13.7. The number of aromatic hydroxyl groups is 1. The van der Waals surface area contributed by atoms with E-state index >= 15 is 0 Å². The van der Waals surface area contributed by atoms with Crippen LogP contribution in [0.25, 0.3) is 0 Å². The van der Waals surface area contributed by atoms with E-state index in [2.05, 4.69) is 10.6 Å². The van der Waals surface area contributed by atoms with Crippen molar-refractivity contribution in [2.75, 3.05) is 37.1 Å². The van der Waals surface area contributed by atoms with E-state index in [0.717, 1.165) is 12.1 Å². The van der Waals surface area contributed by atoms with Gasteiger partial charge in [0.15, 0.2) is 5.79 Å². The van der Waals surface area contributed by atoms with E-state index in [-0.39, 0.29) is 84.8 Å². The van der Waals surface area contributed by atoms with Gasteiger partial charge in [0.25, 0.3) is 23.2 Å². The third-order valence-corrected chi connectivity index (χ3v) is 8.22. The number of benzene rings is 4. The van der Waals surface area contributed by atoms with E-state index in [4.69, 9.17) is 70.8 Å².